The molecular weight excluding hydrogens is 422 g/mol. The third-order valence-corrected chi connectivity index (χ3v) is 5.44. The Balaban J connectivity index is 1.53. The number of unbranched alkanes of at least 4 members (excludes halogenated alkanes) is 1. The molecule has 2 N–H and O–H groups in total. The third kappa shape index (κ3) is 6.41. The zero-order chi connectivity index (χ0) is 23.8. The van der Waals surface area contributed by atoms with Gasteiger partial charge in [-0.1, -0.05) is 13.3 Å². The van der Waals surface area contributed by atoms with Crippen LogP contribution < -0.4 is 10.6 Å². The highest BCUT2D eigenvalue weighted by atomic mass is 16.5. The average molecular weight is 452 g/mol. The number of hydrogen-bond acceptors (Lipinski definition) is 5. The number of anilines is 2. The number of amides is 3. The molecule has 1 aliphatic rings. The summed E-state index contributed by atoms with van der Waals surface area (Å²) in [7, 11) is 0. The van der Waals surface area contributed by atoms with Crippen LogP contribution >= 0.6 is 0 Å². The fourth-order valence-electron chi connectivity index (χ4n) is 3.57. The molecule has 0 aromatic heterocycles. The van der Waals surface area contributed by atoms with Crippen molar-refractivity contribution >= 4 is 35.1 Å². The Bertz CT molecular complexity index is 1000. The van der Waals surface area contributed by atoms with Crippen molar-refractivity contribution in [3.63, 3.8) is 0 Å². The average Bonchev–Trinajstić information content (AvgIpc) is 3.19. The fraction of sp³-hybridized carbons (Fsp3) is 0.360. The standard InChI is InChI=1S/C25H29N3O5/c1-3-5-14-28-16-19(15-22(28)29)24(31)27-20-10-6-17(7-11-20)23(30)26-21-12-8-18(9-13-21)25(32)33-4-2/h6-13,19H,3-5,14-16H2,1-2H3,(H,26,30)(H,27,31)/t19-/m1/s1. The van der Waals surface area contributed by atoms with Gasteiger partial charge < -0.3 is 20.3 Å². The molecule has 3 amide bonds. The second-order valence-corrected chi connectivity index (χ2v) is 7.91. The molecule has 1 heterocycles. The van der Waals surface area contributed by atoms with Gasteiger partial charge in [-0.2, -0.15) is 0 Å². The van der Waals surface area contributed by atoms with Crippen molar-refractivity contribution in [3.8, 4) is 0 Å². The highest BCUT2D eigenvalue weighted by molar-refractivity contribution is 6.05. The van der Waals surface area contributed by atoms with E-state index < -0.39 is 5.97 Å². The number of nitrogens with one attached hydrogen (secondary N) is 2. The van der Waals surface area contributed by atoms with Gasteiger partial charge in [-0.15, -0.1) is 0 Å². The largest absolute Gasteiger partial charge is 0.462 e. The molecule has 2 aromatic rings. The fourth-order valence-corrected chi connectivity index (χ4v) is 3.57. The molecule has 0 radical (unpaired) electrons. The number of nitrogens with zero attached hydrogens (tertiary/aromatic N) is 1. The lowest BCUT2D eigenvalue weighted by Crippen LogP contribution is -2.29. The number of rotatable bonds is 9. The van der Waals surface area contributed by atoms with Crippen molar-refractivity contribution in [2.24, 2.45) is 5.92 Å². The Hall–Kier alpha value is -3.68. The molecule has 0 spiro atoms. The Labute approximate surface area is 193 Å². The lowest BCUT2D eigenvalue weighted by molar-refractivity contribution is -0.128. The third-order valence-electron chi connectivity index (χ3n) is 5.44. The second kappa shape index (κ2) is 11.3. The van der Waals surface area contributed by atoms with Crippen LogP contribution in [0.2, 0.25) is 0 Å². The van der Waals surface area contributed by atoms with Crippen LogP contribution in [0.3, 0.4) is 0 Å². The van der Waals surface area contributed by atoms with Crippen LogP contribution in [0.4, 0.5) is 11.4 Å². The van der Waals surface area contributed by atoms with E-state index in [0.29, 0.717) is 42.2 Å². The van der Waals surface area contributed by atoms with Crippen molar-refractivity contribution in [3.05, 3.63) is 59.7 Å². The van der Waals surface area contributed by atoms with Crippen LogP contribution in [0.25, 0.3) is 0 Å². The van der Waals surface area contributed by atoms with Crippen LogP contribution in [0.1, 0.15) is 53.8 Å². The number of carbonyl (C=O) groups is 4. The topological polar surface area (TPSA) is 105 Å². The van der Waals surface area contributed by atoms with Crippen LogP contribution in [0, 0.1) is 5.92 Å². The SMILES string of the molecule is CCCCN1C[C@H](C(=O)Nc2ccc(C(=O)Nc3ccc(C(=O)OCC)cc3)cc2)CC1=O. The van der Waals surface area contributed by atoms with E-state index in [0.717, 1.165) is 12.8 Å². The molecule has 0 bridgehead atoms. The molecular formula is C25H29N3O5. The lowest BCUT2D eigenvalue weighted by Gasteiger charge is -2.16. The van der Waals surface area contributed by atoms with Crippen molar-refractivity contribution in [1.82, 2.24) is 4.90 Å². The molecule has 1 atom stereocenters. The lowest BCUT2D eigenvalue weighted by atomic mass is 10.1. The van der Waals surface area contributed by atoms with Crippen LogP contribution in [0.5, 0.6) is 0 Å². The van der Waals surface area contributed by atoms with E-state index in [4.69, 9.17) is 4.74 Å². The molecule has 8 heteroatoms. The summed E-state index contributed by atoms with van der Waals surface area (Å²) in [5.41, 5.74) is 1.94. The van der Waals surface area contributed by atoms with Crippen molar-refractivity contribution in [2.45, 2.75) is 33.1 Å². The van der Waals surface area contributed by atoms with Gasteiger partial charge in [0.05, 0.1) is 18.1 Å². The Morgan fingerprint density at radius 3 is 2.15 bits per heavy atom. The summed E-state index contributed by atoms with van der Waals surface area (Å²) in [6, 6.07) is 13.0. The Morgan fingerprint density at radius 2 is 1.55 bits per heavy atom. The Kier molecular flexibility index (Phi) is 8.18. The monoisotopic (exact) mass is 451 g/mol. The van der Waals surface area contributed by atoms with E-state index in [1.165, 1.54) is 0 Å². The predicted molar refractivity (Wildman–Crippen MR) is 125 cm³/mol. The van der Waals surface area contributed by atoms with Gasteiger partial charge in [-0.3, -0.25) is 14.4 Å². The number of hydrogen-bond donors (Lipinski definition) is 2. The van der Waals surface area contributed by atoms with E-state index in [1.54, 1.807) is 60.4 Å². The number of likely N-dealkylation sites (tertiary alicyclic amines) is 1. The maximum atomic E-state index is 12.6. The first kappa shape index (κ1) is 24.0. The zero-order valence-electron chi connectivity index (χ0n) is 18.9. The molecule has 8 nitrogen and oxygen atoms in total. The smallest absolute Gasteiger partial charge is 0.338 e. The number of benzene rings is 2. The first-order valence-electron chi connectivity index (χ1n) is 11.2. The summed E-state index contributed by atoms with van der Waals surface area (Å²) < 4.78 is 4.94. The summed E-state index contributed by atoms with van der Waals surface area (Å²) in [5.74, 6) is -1.27. The van der Waals surface area contributed by atoms with Gasteiger partial charge in [0, 0.05) is 36.4 Å². The normalized spacial score (nSPS) is 15.3. The quantitative estimate of drug-likeness (QED) is 0.566. The summed E-state index contributed by atoms with van der Waals surface area (Å²) >= 11 is 0. The molecule has 174 valence electrons. The highest BCUT2D eigenvalue weighted by Crippen LogP contribution is 2.21. The molecule has 1 aliphatic heterocycles. The minimum atomic E-state index is -0.413. The van der Waals surface area contributed by atoms with Gasteiger partial charge in [-0.25, -0.2) is 4.79 Å². The van der Waals surface area contributed by atoms with Gasteiger partial charge in [0.2, 0.25) is 11.8 Å². The van der Waals surface area contributed by atoms with Crippen LogP contribution in [-0.4, -0.2) is 48.3 Å². The van der Waals surface area contributed by atoms with E-state index >= 15 is 0 Å². The molecule has 2 aromatic carbocycles. The van der Waals surface area contributed by atoms with Crippen LogP contribution in [0.15, 0.2) is 48.5 Å². The van der Waals surface area contributed by atoms with Crippen LogP contribution in [-0.2, 0) is 14.3 Å². The summed E-state index contributed by atoms with van der Waals surface area (Å²) in [5, 5.41) is 5.60. The van der Waals surface area contributed by atoms with Crippen molar-refractivity contribution in [2.75, 3.05) is 30.3 Å². The van der Waals surface area contributed by atoms with Crippen molar-refractivity contribution in [1.29, 1.82) is 0 Å². The molecule has 0 aliphatic carbocycles. The minimum absolute atomic E-state index is 0.0194. The first-order chi connectivity index (χ1) is 15.9. The van der Waals surface area contributed by atoms with Gasteiger partial charge in [0.1, 0.15) is 0 Å². The van der Waals surface area contributed by atoms with E-state index in [9.17, 15) is 19.2 Å². The number of carbonyl (C=O) groups excluding carboxylic acids is 4. The van der Waals surface area contributed by atoms with Gasteiger partial charge in [0.25, 0.3) is 5.91 Å². The van der Waals surface area contributed by atoms with Gasteiger partial charge in [-0.05, 0) is 61.9 Å². The highest BCUT2D eigenvalue weighted by Gasteiger charge is 2.33. The minimum Gasteiger partial charge on any atom is -0.462 e. The number of esters is 1. The molecule has 33 heavy (non-hydrogen) atoms. The Morgan fingerprint density at radius 1 is 0.939 bits per heavy atom. The van der Waals surface area contributed by atoms with E-state index in [1.807, 2.05) is 0 Å². The summed E-state index contributed by atoms with van der Waals surface area (Å²) in [6.07, 6.45) is 2.16. The molecule has 3 rings (SSSR count). The second-order valence-electron chi connectivity index (χ2n) is 7.91. The maximum Gasteiger partial charge on any atom is 0.338 e. The van der Waals surface area contributed by atoms with E-state index in [2.05, 4.69) is 17.6 Å². The molecule has 1 fully saturated rings. The summed E-state index contributed by atoms with van der Waals surface area (Å²) in [6.45, 7) is 5.23. The maximum absolute atomic E-state index is 12.6. The predicted octanol–water partition coefficient (Wildman–Crippen LogP) is 3.70. The van der Waals surface area contributed by atoms with Gasteiger partial charge in [0.15, 0.2) is 0 Å². The molecule has 0 unspecified atom stereocenters. The zero-order valence-corrected chi connectivity index (χ0v) is 18.9. The van der Waals surface area contributed by atoms with E-state index in [-0.39, 0.29) is 30.1 Å². The summed E-state index contributed by atoms with van der Waals surface area (Å²) in [4.78, 5) is 50.6. The first-order valence-corrected chi connectivity index (χ1v) is 11.2. The molecule has 0 saturated carbocycles. The molecule has 1 saturated heterocycles. The van der Waals surface area contributed by atoms with Crippen molar-refractivity contribution < 1.29 is 23.9 Å². The van der Waals surface area contributed by atoms with Gasteiger partial charge >= 0.3 is 5.97 Å². The number of ether oxygens (including phenoxy) is 1.